The van der Waals surface area contributed by atoms with E-state index in [1.165, 1.54) is 0 Å². The van der Waals surface area contributed by atoms with Gasteiger partial charge in [-0.05, 0) is 33.7 Å². The zero-order chi connectivity index (χ0) is 23.0. The highest BCUT2D eigenvalue weighted by atomic mass is 28.4. The van der Waals surface area contributed by atoms with E-state index in [0.717, 1.165) is 16.8 Å². The average Bonchev–Trinajstić information content (AvgIpc) is 3.20. The van der Waals surface area contributed by atoms with Gasteiger partial charge in [0.2, 0.25) is 0 Å². The highest BCUT2D eigenvalue weighted by Gasteiger charge is 2.76. The van der Waals surface area contributed by atoms with Gasteiger partial charge in [0.1, 0.15) is 0 Å². The minimum Gasteiger partial charge on any atom is -0.404 e. The first-order valence-electron chi connectivity index (χ1n) is 12.0. The van der Waals surface area contributed by atoms with Crippen molar-refractivity contribution < 1.29 is 18.8 Å². The SMILES string of the molecule is CC(C)(C)[Si](OC[C@]12O[C@H]1C(=O)[C@H]1[C@@H](C2=O)[C@H]2C=C[C@@H]1C2)(c1ccccc1)c1ccccc1. The van der Waals surface area contributed by atoms with Crippen LogP contribution in [0.5, 0.6) is 0 Å². The summed E-state index contributed by atoms with van der Waals surface area (Å²) in [6.45, 7) is 6.78. The van der Waals surface area contributed by atoms with Crippen molar-refractivity contribution in [3.8, 4) is 0 Å². The lowest BCUT2D eigenvalue weighted by atomic mass is 9.68. The molecule has 0 aromatic heterocycles. The molecule has 0 radical (unpaired) electrons. The summed E-state index contributed by atoms with van der Waals surface area (Å²) in [6, 6.07) is 20.8. The molecule has 2 aromatic rings. The molecule has 0 N–H and O–H groups in total. The van der Waals surface area contributed by atoms with Gasteiger partial charge < -0.3 is 9.16 Å². The molecule has 2 aromatic carbocycles. The Morgan fingerprint density at radius 2 is 1.45 bits per heavy atom. The monoisotopic (exact) mass is 458 g/mol. The molecular weight excluding hydrogens is 428 g/mol. The van der Waals surface area contributed by atoms with Crippen molar-refractivity contribution in [2.24, 2.45) is 23.7 Å². The summed E-state index contributed by atoms with van der Waals surface area (Å²) in [7, 11) is -2.81. The number of ether oxygens (including phenoxy) is 1. The van der Waals surface area contributed by atoms with Crippen LogP contribution in [0.1, 0.15) is 27.2 Å². The van der Waals surface area contributed by atoms with Gasteiger partial charge >= 0.3 is 0 Å². The number of carbonyl (C=O) groups excluding carboxylic acids is 2. The van der Waals surface area contributed by atoms with E-state index < -0.39 is 20.0 Å². The van der Waals surface area contributed by atoms with Gasteiger partial charge in [0, 0.05) is 11.8 Å². The molecule has 3 fully saturated rings. The Kier molecular flexibility index (Phi) is 4.55. The van der Waals surface area contributed by atoms with Crippen LogP contribution in [0.25, 0.3) is 0 Å². The molecule has 6 rings (SSSR count). The van der Waals surface area contributed by atoms with Gasteiger partial charge in [-0.15, -0.1) is 0 Å². The van der Waals surface area contributed by atoms with E-state index >= 15 is 0 Å². The number of fused-ring (bicyclic) bond motifs is 6. The highest BCUT2D eigenvalue weighted by Crippen LogP contribution is 2.59. The van der Waals surface area contributed by atoms with Gasteiger partial charge in [-0.25, -0.2) is 0 Å². The maximum Gasteiger partial charge on any atom is 0.261 e. The Balaban J connectivity index is 1.39. The number of carbonyl (C=O) groups is 2. The van der Waals surface area contributed by atoms with E-state index in [4.69, 9.17) is 9.16 Å². The fourth-order valence-corrected chi connectivity index (χ4v) is 11.4. The molecule has 1 heterocycles. The van der Waals surface area contributed by atoms with Gasteiger partial charge in [-0.1, -0.05) is 93.6 Å². The van der Waals surface area contributed by atoms with E-state index in [1.54, 1.807) is 0 Å². The van der Waals surface area contributed by atoms with Gasteiger partial charge in [0.05, 0.1) is 6.61 Å². The Morgan fingerprint density at radius 3 is 2.00 bits per heavy atom. The van der Waals surface area contributed by atoms with Crippen LogP contribution in [0.4, 0.5) is 0 Å². The molecule has 2 bridgehead atoms. The van der Waals surface area contributed by atoms with Crippen molar-refractivity contribution in [1.82, 2.24) is 0 Å². The van der Waals surface area contributed by atoms with Crippen LogP contribution in [-0.2, 0) is 18.8 Å². The summed E-state index contributed by atoms with van der Waals surface area (Å²) in [6.07, 6.45) is 4.55. The first kappa shape index (κ1) is 21.2. The van der Waals surface area contributed by atoms with Gasteiger partial charge in [-0.3, -0.25) is 9.59 Å². The number of allylic oxidation sites excluding steroid dienone is 2. The second-order valence-electron chi connectivity index (χ2n) is 11.1. The predicted molar refractivity (Wildman–Crippen MR) is 129 cm³/mol. The Labute approximate surface area is 196 Å². The van der Waals surface area contributed by atoms with Crippen LogP contribution < -0.4 is 10.4 Å². The maximum absolute atomic E-state index is 13.8. The fourth-order valence-electron chi connectivity index (χ4n) is 6.83. The average molecular weight is 459 g/mol. The van der Waals surface area contributed by atoms with Gasteiger partial charge in [0.25, 0.3) is 8.32 Å². The van der Waals surface area contributed by atoms with Crippen molar-refractivity contribution in [2.75, 3.05) is 6.61 Å². The lowest BCUT2D eigenvalue weighted by Gasteiger charge is -2.44. The molecule has 3 aliphatic carbocycles. The second-order valence-corrected chi connectivity index (χ2v) is 15.4. The summed E-state index contributed by atoms with van der Waals surface area (Å²) in [5.74, 6) is 0.145. The summed E-state index contributed by atoms with van der Waals surface area (Å²) in [5, 5.41) is 2.12. The molecule has 2 saturated carbocycles. The second kappa shape index (κ2) is 7.08. The van der Waals surface area contributed by atoms with Gasteiger partial charge in [0.15, 0.2) is 23.3 Å². The zero-order valence-electron chi connectivity index (χ0n) is 19.4. The number of hydrogen-bond donors (Lipinski definition) is 0. The molecule has 4 aliphatic rings. The van der Waals surface area contributed by atoms with Crippen LogP contribution in [-0.4, -0.2) is 38.2 Å². The topological polar surface area (TPSA) is 55.9 Å². The van der Waals surface area contributed by atoms with Crippen LogP contribution in [0.2, 0.25) is 5.04 Å². The lowest BCUT2D eigenvalue weighted by Crippen LogP contribution is -2.68. The molecular formula is C28H30O4Si. The van der Waals surface area contributed by atoms with Crippen molar-refractivity contribution in [1.29, 1.82) is 0 Å². The van der Waals surface area contributed by atoms with Crippen LogP contribution in [0.15, 0.2) is 72.8 Å². The van der Waals surface area contributed by atoms with Crippen molar-refractivity contribution >= 4 is 30.3 Å². The molecule has 0 unspecified atom stereocenters. The number of ketones is 2. The number of hydrogen-bond acceptors (Lipinski definition) is 4. The smallest absolute Gasteiger partial charge is 0.261 e. The first-order chi connectivity index (χ1) is 15.8. The summed E-state index contributed by atoms with van der Waals surface area (Å²) in [4.78, 5) is 27.1. The van der Waals surface area contributed by atoms with E-state index in [-0.39, 0.29) is 46.9 Å². The highest BCUT2D eigenvalue weighted by molar-refractivity contribution is 6.99. The summed E-state index contributed by atoms with van der Waals surface area (Å²) >= 11 is 0. The van der Waals surface area contributed by atoms with E-state index in [1.807, 2.05) is 36.4 Å². The van der Waals surface area contributed by atoms with E-state index in [2.05, 4.69) is 57.2 Å². The first-order valence-corrected chi connectivity index (χ1v) is 13.9. The van der Waals surface area contributed by atoms with Crippen molar-refractivity contribution in [3.63, 3.8) is 0 Å². The fraction of sp³-hybridized carbons (Fsp3) is 0.429. The Morgan fingerprint density at radius 1 is 0.909 bits per heavy atom. The minimum atomic E-state index is -2.81. The lowest BCUT2D eigenvalue weighted by molar-refractivity contribution is -0.139. The Hall–Kier alpha value is -2.34. The molecule has 1 saturated heterocycles. The van der Waals surface area contributed by atoms with Crippen LogP contribution in [0, 0.1) is 23.7 Å². The van der Waals surface area contributed by atoms with E-state index in [9.17, 15) is 9.59 Å². The number of Topliss-reactive ketones (excluding diaryl/α,β-unsaturated/α-hetero) is 2. The third-order valence-electron chi connectivity index (χ3n) is 8.38. The molecule has 0 amide bonds. The normalized spacial score (nSPS) is 34.3. The van der Waals surface area contributed by atoms with Crippen molar-refractivity contribution in [3.05, 3.63) is 72.8 Å². The third kappa shape index (κ3) is 2.82. The third-order valence-corrected chi connectivity index (χ3v) is 13.4. The van der Waals surface area contributed by atoms with Gasteiger partial charge in [-0.2, -0.15) is 0 Å². The number of rotatable bonds is 5. The molecule has 6 atom stereocenters. The predicted octanol–water partition coefficient (Wildman–Crippen LogP) is 3.29. The summed E-state index contributed by atoms with van der Waals surface area (Å²) in [5.41, 5.74) is -1.11. The largest absolute Gasteiger partial charge is 0.404 e. The molecule has 170 valence electrons. The number of benzene rings is 2. The summed E-state index contributed by atoms with van der Waals surface area (Å²) < 4.78 is 13.0. The molecule has 0 spiro atoms. The van der Waals surface area contributed by atoms with Crippen LogP contribution >= 0.6 is 0 Å². The standard InChI is InChI=1S/C28H30O4Si/c1-27(2,3)33(20-10-6-4-7-11-20,21-12-8-5-9-13-21)31-17-28-25(30)23-19-15-14-18(16-19)22(23)24(29)26(28)32-28/h4-15,18-19,22-23,26H,16-17H2,1-3H3/t18-,19+,22-,23+,26+,28-/m1/s1. The van der Waals surface area contributed by atoms with Crippen LogP contribution in [0.3, 0.4) is 0 Å². The van der Waals surface area contributed by atoms with E-state index in [0.29, 0.717) is 0 Å². The quantitative estimate of drug-likeness (QED) is 0.392. The minimum absolute atomic E-state index is 0.0897. The maximum atomic E-state index is 13.8. The zero-order valence-corrected chi connectivity index (χ0v) is 20.4. The Bertz CT molecular complexity index is 1100. The van der Waals surface area contributed by atoms with Crippen molar-refractivity contribution in [2.45, 2.75) is 43.9 Å². The molecule has 4 nitrogen and oxygen atoms in total. The molecule has 1 aliphatic heterocycles. The number of epoxide rings is 1. The molecule has 33 heavy (non-hydrogen) atoms. The molecule has 5 heteroatoms.